The van der Waals surface area contributed by atoms with Gasteiger partial charge in [-0.2, -0.15) is 9.97 Å². The number of methoxy groups -OCH3 is 1. The lowest BCUT2D eigenvalue weighted by Crippen LogP contribution is -2.06. The van der Waals surface area contributed by atoms with Crippen molar-refractivity contribution in [2.45, 2.75) is 13.3 Å². The SMILES string of the molecule is C=C(C)CCOc1nc(N)nc(OC)n1. The fourth-order valence-electron chi connectivity index (χ4n) is 0.825. The standard InChI is InChI=1S/C9H14N4O2/c1-6(2)4-5-15-9-12-7(10)11-8(13-9)14-3/h1,4-5H2,2-3H3,(H2,10,11,12,13). The molecule has 0 aliphatic rings. The number of anilines is 1. The van der Waals surface area contributed by atoms with Crippen molar-refractivity contribution >= 4 is 5.95 Å². The highest BCUT2D eigenvalue weighted by Crippen LogP contribution is 2.10. The van der Waals surface area contributed by atoms with Gasteiger partial charge in [0.2, 0.25) is 5.95 Å². The molecule has 0 unspecified atom stereocenters. The van der Waals surface area contributed by atoms with Crippen molar-refractivity contribution in [3.8, 4) is 12.0 Å². The summed E-state index contributed by atoms with van der Waals surface area (Å²) in [5.41, 5.74) is 6.46. The Morgan fingerprint density at radius 1 is 1.33 bits per heavy atom. The molecule has 1 rings (SSSR count). The predicted octanol–water partition coefficient (Wildman–Crippen LogP) is 0.807. The van der Waals surface area contributed by atoms with Crippen LogP contribution in [0.5, 0.6) is 12.0 Å². The molecule has 0 saturated carbocycles. The van der Waals surface area contributed by atoms with E-state index in [2.05, 4.69) is 21.5 Å². The Balaban J connectivity index is 2.60. The fourth-order valence-corrected chi connectivity index (χ4v) is 0.825. The van der Waals surface area contributed by atoms with Gasteiger partial charge < -0.3 is 15.2 Å². The lowest BCUT2D eigenvalue weighted by molar-refractivity contribution is 0.285. The summed E-state index contributed by atoms with van der Waals surface area (Å²) in [7, 11) is 1.45. The number of hydrogen-bond acceptors (Lipinski definition) is 6. The highest BCUT2D eigenvalue weighted by Gasteiger charge is 2.04. The quantitative estimate of drug-likeness (QED) is 0.724. The summed E-state index contributed by atoms with van der Waals surface area (Å²) in [6.07, 6.45) is 0.744. The summed E-state index contributed by atoms with van der Waals surface area (Å²) in [6, 6.07) is 0.313. The van der Waals surface area contributed by atoms with Crippen LogP contribution in [0.2, 0.25) is 0 Å². The lowest BCUT2D eigenvalue weighted by Gasteiger charge is -2.05. The van der Waals surface area contributed by atoms with Gasteiger partial charge in [0.15, 0.2) is 0 Å². The van der Waals surface area contributed by atoms with Crippen molar-refractivity contribution in [1.29, 1.82) is 0 Å². The third-order valence-corrected chi connectivity index (χ3v) is 1.55. The summed E-state index contributed by atoms with van der Waals surface area (Å²) in [6.45, 7) is 6.14. The van der Waals surface area contributed by atoms with Crippen LogP contribution in [0.4, 0.5) is 5.95 Å². The van der Waals surface area contributed by atoms with Crippen molar-refractivity contribution in [3.05, 3.63) is 12.2 Å². The van der Waals surface area contributed by atoms with Crippen LogP contribution >= 0.6 is 0 Å². The molecule has 0 aliphatic carbocycles. The molecular formula is C9H14N4O2. The van der Waals surface area contributed by atoms with Crippen molar-refractivity contribution in [1.82, 2.24) is 15.0 Å². The zero-order chi connectivity index (χ0) is 11.3. The van der Waals surface area contributed by atoms with Gasteiger partial charge in [-0.15, -0.1) is 11.6 Å². The molecule has 1 aromatic heterocycles. The number of rotatable bonds is 5. The van der Waals surface area contributed by atoms with E-state index in [0.717, 1.165) is 12.0 Å². The van der Waals surface area contributed by atoms with E-state index in [1.165, 1.54) is 7.11 Å². The number of hydrogen-bond donors (Lipinski definition) is 1. The van der Waals surface area contributed by atoms with Gasteiger partial charge in [0.1, 0.15) is 0 Å². The van der Waals surface area contributed by atoms with Crippen LogP contribution in [-0.2, 0) is 0 Å². The maximum absolute atomic E-state index is 5.43. The third kappa shape index (κ3) is 3.80. The fraction of sp³-hybridized carbons (Fsp3) is 0.444. The average Bonchev–Trinajstić information content (AvgIpc) is 2.16. The molecule has 0 bridgehead atoms. The Morgan fingerprint density at radius 2 is 2.00 bits per heavy atom. The summed E-state index contributed by atoms with van der Waals surface area (Å²) in [5, 5.41) is 0. The van der Waals surface area contributed by atoms with Crippen LogP contribution in [0.1, 0.15) is 13.3 Å². The minimum Gasteiger partial charge on any atom is -0.467 e. The second-order valence-corrected chi connectivity index (χ2v) is 3.02. The molecule has 0 atom stereocenters. The zero-order valence-corrected chi connectivity index (χ0v) is 8.86. The summed E-state index contributed by atoms with van der Waals surface area (Å²) in [5.74, 6) is 0.0761. The summed E-state index contributed by atoms with van der Waals surface area (Å²) < 4.78 is 10.1. The van der Waals surface area contributed by atoms with E-state index in [1.54, 1.807) is 0 Å². The molecule has 0 aromatic carbocycles. The average molecular weight is 210 g/mol. The molecule has 82 valence electrons. The minimum atomic E-state index is 0.0761. The molecule has 6 nitrogen and oxygen atoms in total. The first kappa shape index (κ1) is 11.2. The maximum atomic E-state index is 5.43. The first-order chi connectivity index (χ1) is 7.11. The van der Waals surface area contributed by atoms with Crippen LogP contribution in [-0.4, -0.2) is 28.7 Å². The van der Waals surface area contributed by atoms with Crippen LogP contribution in [0.3, 0.4) is 0 Å². The molecular weight excluding hydrogens is 196 g/mol. The Labute approximate surface area is 88.2 Å². The molecule has 0 spiro atoms. The van der Waals surface area contributed by atoms with Crippen LogP contribution < -0.4 is 15.2 Å². The Hall–Kier alpha value is -1.85. The lowest BCUT2D eigenvalue weighted by atomic mass is 10.3. The van der Waals surface area contributed by atoms with Gasteiger partial charge in [-0.1, -0.05) is 5.57 Å². The Bertz CT molecular complexity index is 354. The predicted molar refractivity (Wildman–Crippen MR) is 55.7 cm³/mol. The van der Waals surface area contributed by atoms with E-state index in [4.69, 9.17) is 15.2 Å². The van der Waals surface area contributed by atoms with Crippen LogP contribution in [0.15, 0.2) is 12.2 Å². The van der Waals surface area contributed by atoms with E-state index < -0.39 is 0 Å². The van der Waals surface area contributed by atoms with E-state index in [-0.39, 0.29) is 18.0 Å². The molecule has 15 heavy (non-hydrogen) atoms. The van der Waals surface area contributed by atoms with Gasteiger partial charge in [0, 0.05) is 6.42 Å². The van der Waals surface area contributed by atoms with Crippen molar-refractivity contribution in [2.24, 2.45) is 0 Å². The van der Waals surface area contributed by atoms with E-state index in [9.17, 15) is 0 Å². The van der Waals surface area contributed by atoms with Crippen molar-refractivity contribution < 1.29 is 9.47 Å². The van der Waals surface area contributed by atoms with Crippen molar-refractivity contribution in [3.63, 3.8) is 0 Å². The molecule has 0 amide bonds. The Kier molecular flexibility index (Phi) is 3.84. The second-order valence-electron chi connectivity index (χ2n) is 3.02. The van der Waals surface area contributed by atoms with E-state index in [0.29, 0.717) is 6.61 Å². The largest absolute Gasteiger partial charge is 0.467 e. The number of nitrogen functional groups attached to an aromatic ring is 1. The third-order valence-electron chi connectivity index (χ3n) is 1.55. The molecule has 0 fully saturated rings. The van der Waals surface area contributed by atoms with Gasteiger partial charge in [0.05, 0.1) is 13.7 Å². The molecule has 0 aliphatic heterocycles. The first-order valence-electron chi connectivity index (χ1n) is 4.44. The minimum absolute atomic E-state index is 0.0761. The molecule has 1 aromatic rings. The van der Waals surface area contributed by atoms with Gasteiger partial charge in [-0.05, 0) is 6.92 Å². The maximum Gasteiger partial charge on any atom is 0.324 e. The summed E-state index contributed by atoms with van der Waals surface area (Å²) >= 11 is 0. The van der Waals surface area contributed by atoms with Crippen molar-refractivity contribution in [2.75, 3.05) is 19.5 Å². The number of aromatic nitrogens is 3. The van der Waals surface area contributed by atoms with E-state index in [1.807, 2.05) is 6.92 Å². The normalized spacial score (nSPS) is 9.73. The summed E-state index contributed by atoms with van der Waals surface area (Å²) in [4.78, 5) is 11.4. The molecule has 6 heteroatoms. The second kappa shape index (κ2) is 5.14. The smallest absolute Gasteiger partial charge is 0.324 e. The topological polar surface area (TPSA) is 83.2 Å². The monoisotopic (exact) mass is 210 g/mol. The van der Waals surface area contributed by atoms with Gasteiger partial charge in [-0.25, -0.2) is 0 Å². The van der Waals surface area contributed by atoms with Gasteiger partial charge in [0.25, 0.3) is 0 Å². The highest BCUT2D eigenvalue weighted by atomic mass is 16.5. The number of nitrogens with zero attached hydrogens (tertiary/aromatic N) is 3. The number of nitrogens with two attached hydrogens (primary N) is 1. The molecule has 2 N–H and O–H groups in total. The van der Waals surface area contributed by atoms with Gasteiger partial charge >= 0.3 is 12.0 Å². The van der Waals surface area contributed by atoms with Gasteiger partial charge in [-0.3, -0.25) is 0 Å². The highest BCUT2D eigenvalue weighted by molar-refractivity contribution is 5.20. The molecule has 1 heterocycles. The van der Waals surface area contributed by atoms with Crippen LogP contribution in [0, 0.1) is 0 Å². The molecule has 0 saturated heterocycles. The number of ether oxygens (including phenoxy) is 2. The van der Waals surface area contributed by atoms with E-state index >= 15 is 0 Å². The van der Waals surface area contributed by atoms with Crippen LogP contribution in [0.25, 0.3) is 0 Å². The zero-order valence-electron chi connectivity index (χ0n) is 8.86. The first-order valence-corrected chi connectivity index (χ1v) is 4.44. The Morgan fingerprint density at radius 3 is 2.60 bits per heavy atom. The molecule has 0 radical (unpaired) electrons.